The lowest BCUT2D eigenvalue weighted by molar-refractivity contribution is 0.0815. The van der Waals surface area contributed by atoms with E-state index in [2.05, 4.69) is 9.88 Å². The van der Waals surface area contributed by atoms with Gasteiger partial charge in [0.1, 0.15) is 0 Å². The number of para-hydroxylation sites is 2. The van der Waals surface area contributed by atoms with Gasteiger partial charge in [-0.15, -0.1) is 0 Å². The maximum absolute atomic E-state index is 11.9. The molecule has 0 saturated carbocycles. The zero-order valence-electron chi connectivity index (χ0n) is 11.6. The van der Waals surface area contributed by atoms with Crippen LogP contribution in [0.25, 0.3) is 11.0 Å². The van der Waals surface area contributed by atoms with E-state index in [-0.39, 0.29) is 11.8 Å². The van der Waals surface area contributed by atoms with Crippen LogP contribution in [0.4, 0.5) is 0 Å². The van der Waals surface area contributed by atoms with E-state index < -0.39 is 0 Å². The van der Waals surface area contributed by atoms with Crippen LogP contribution in [0, 0.1) is 0 Å². The van der Waals surface area contributed by atoms with Gasteiger partial charge in [0, 0.05) is 19.6 Å². The molecule has 2 aromatic rings. The Hall–Kier alpha value is -1.59. The molecule has 20 heavy (non-hydrogen) atoms. The van der Waals surface area contributed by atoms with Crippen molar-refractivity contribution in [1.29, 1.82) is 0 Å². The number of nitrogens with one attached hydrogen (secondary N) is 1. The van der Waals surface area contributed by atoms with Crippen LogP contribution in [0.1, 0.15) is 19.3 Å². The summed E-state index contributed by atoms with van der Waals surface area (Å²) in [5.41, 5.74) is 1.85. The van der Waals surface area contributed by atoms with Gasteiger partial charge in [-0.1, -0.05) is 12.1 Å². The molecule has 1 saturated heterocycles. The SMILES string of the molecule is O=c1[nH]c2ccccc2n1CCCN1CCC(O)CC1. The smallest absolute Gasteiger partial charge is 0.326 e. The van der Waals surface area contributed by atoms with E-state index >= 15 is 0 Å². The van der Waals surface area contributed by atoms with E-state index in [1.54, 1.807) is 0 Å². The fourth-order valence-electron chi connectivity index (χ4n) is 2.92. The summed E-state index contributed by atoms with van der Waals surface area (Å²) >= 11 is 0. The van der Waals surface area contributed by atoms with Crippen molar-refractivity contribution in [3.8, 4) is 0 Å². The van der Waals surface area contributed by atoms with Crippen LogP contribution in [0.3, 0.4) is 0 Å². The van der Waals surface area contributed by atoms with Crippen LogP contribution >= 0.6 is 0 Å². The van der Waals surface area contributed by atoms with Gasteiger partial charge < -0.3 is 15.0 Å². The van der Waals surface area contributed by atoms with Crippen molar-refractivity contribution in [3.05, 3.63) is 34.7 Å². The Balaban J connectivity index is 1.60. The van der Waals surface area contributed by atoms with Gasteiger partial charge in [0.25, 0.3) is 0 Å². The maximum atomic E-state index is 11.9. The van der Waals surface area contributed by atoms with Gasteiger partial charge in [0.2, 0.25) is 0 Å². The molecule has 2 N–H and O–H groups in total. The highest BCUT2D eigenvalue weighted by atomic mass is 16.3. The minimum atomic E-state index is -0.123. The predicted molar refractivity (Wildman–Crippen MR) is 78.9 cm³/mol. The summed E-state index contributed by atoms with van der Waals surface area (Å²) in [6.07, 6.45) is 2.57. The van der Waals surface area contributed by atoms with E-state index in [1.165, 1.54) is 0 Å². The fraction of sp³-hybridized carbons (Fsp3) is 0.533. The van der Waals surface area contributed by atoms with Gasteiger partial charge in [0.15, 0.2) is 0 Å². The Morgan fingerprint density at radius 1 is 1.20 bits per heavy atom. The summed E-state index contributed by atoms with van der Waals surface area (Å²) < 4.78 is 1.81. The normalized spacial score (nSPS) is 17.9. The van der Waals surface area contributed by atoms with Crippen LogP contribution in [0.2, 0.25) is 0 Å². The molecule has 0 bridgehead atoms. The molecule has 1 aliphatic rings. The number of aliphatic hydroxyl groups excluding tert-OH is 1. The highest BCUT2D eigenvalue weighted by molar-refractivity contribution is 5.74. The van der Waals surface area contributed by atoms with Crippen molar-refractivity contribution in [2.75, 3.05) is 19.6 Å². The third kappa shape index (κ3) is 2.78. The number of rotatable bonds is 4. The second-order valence-electron chi connectivity index (χ2n) is 5.53. The van der Waals surface area contributed by atoms with Crippen LogP contribution < -0.4 is 5.69 Å². The lowest BCUT2D eigenvalue weighted by atomic mass is 10.1. The van der Waals surface area contributed by atoms with Gasteiger partial charge in [-0.2, -0.15) is 0 Å². The average molecular weight is 275 g/mol. The van der Waals surface area contributed by atoms with E-state index in [0.717, 1.165) is 56.5 Å². The molecule has 1 aliphatic heterocycles. The molecule has 1 aromatic heterocycles. The topological polar surface area (TPSA) is 61.3 Å². The van der Waals surface area contributed by atoms with Crippen molar-refractivity contribution in [3.63, 3.8) is 0 Å². The number of aliphatic hydroxyl groups is 1. The standard InChI is InChI=1S/C15H21N3O2/c19-12-6-10-17(11-7-12)8-3-9-18-14-5-2-1-4-13(14)16-15(18)20/h1-2,4-5,12,19H,3,6-11H2,(H,16,20). The first kappa shape index (κ1) is 13.4. The average Bonchev–Trinajstić information content (AvgIpc) is 2.77. The third-order valence-electron chi connectivity index (χ3n) is 4.09. The quantitative estimate of drug-likeness (QED) is 0.880. The van der Waals surface area contributed by atoms with Crippen LogP contribution in [0.15, 0.2) is 29.1 Å². The van der Waals surface area contributed by atoms with Gasteiger partial charge in [-0.05, 0) is 37.9 Å². The molecule has 1 fully saturated rings. The minimum Gasteiger partial charge on any atom is -0.393 e. The molecule has 0 spiro atoms. The number of hydrogen-bond donors (Lipinski definition) is 2. The Labute approximate surface area is 117 Å². The molecule has 0 amide bonds. The van der Waals surface area contributed by atoms with E-state index in [4.69, 9.17) is 0 Å². The van der Waals surface area contributed by atoms with Gasteiger partial charge in [-0.3, -0.25) is 4.57 Å². The Kier molecular flexibility index (Phi) is 3.89. The van der Waals surface area contributed by atoms with Crippen molar-refractivity contribution in [1.82, 2.24) is 14.5 Å². The van der Waals surface area contributed by atoms with Crippen molar-refractivity contribution >= 4 is 11.0 Å². The Morgan fingerprint density at radius 2 is 1.95 bits per heavy atom. The second-order valence-corrected chi connectivity index (χ2v) is 5.53. The van der Waals surface area contributed by atoms with Crippen LogP contribution in [-0.2, 0) is 6.54 Å². The number of H-pyrrole nitrogens is 1. The first-order valence-electron chi connectivity index (χ1n) is 7.32. The van der Waals surface area contributed by atoms with Crippen LogP contribution in [-0.4, -0.2) is 45.3 Å². The number of aromatic nitrogens is 2. The fourth-order valence-corrected chi connectivity index (χ4v) is 2.92. The number of aromatic amines is 1. The largest absolute Gasteiger partial charge is 0.393 e. The molecule has 1 aromatic carbocycles. The van der Waals surface area contributed by atoms with Gasteiger partial charge >= 0.3 is 5.69 Å². The van der Waals surface area contributed by atoms with E-state index in [1.807, 2.05) is 28.8 Å². The molecule has 2 heterocycles. The number of fused-ring (bicyclic) bond motifs is 1. The summed E-state index contributed by atoms with van der Waals surface area (Å²) in [7, 11) is 0. The molecule has 3 rings (SSSR count). The molecule has 5 heteroatoms. The molecule has 5 nitrogen and oxygen atoms in total. The number of aryl methyl sites for hydroxylation is 1. The van der Waals surface area contributed by atoms with Crippen LogP contribution in [0.5, 0.6) is 0 Å². The zero-order chi connectivity index (χ0) is 13.9. The number of piperidine rings is 1. The van der Waals surface area contributed by atoms with Crippen molar-refractivity contribution in [2.45, 2.75) is 31.9 Å². The lowest BCUT2D eigenvalue weighted by Gasteiger charge is -2.29. The highest BCUT2D eigenvalue weighted by Crippen LogP contribution is 2.12. The summed E-state index contributed by atoms with van der Waals surface area (Å²) in [5, 5.41) is 9.48. The first-order chi connectivity index (χ1) is 9.74. The molecule has 0 radical (unpaired) electrons. The summed E-state index contributed by atoms with van der Waals surface area (Å²) in [6, 6.07) is 7.80. The highest BCUT2D eigenvalue weighted by Gasteiger charge is 2.16. The number of imidazole rings is 1. The zero-order valence-corrected chi connectivity index (χ0v) is 11.6. The summed E-state index contributed by atoms with van der Waals surface area (Å²) in [5.74, 6) is 0. The predicted octanol–water partition coefficient (Wildman–Crippen LogP) is 1.18. The Morgan fingerprint density at radius 3 is 2.75 bits per heavy atom. The van der Waals surface area contributed by atoms with Gasteiger partial charge in [0.05, 0.1) is 17.1 Å². The second kappa shape index (κ2) is 5.81. The van der Waals surface area contributed by atoms with E-state index in [9.17, 15) is 9.90 Å². The number of hydrogen-bond acceptors (Lipinski definition) is 3. The number of likely N-dealkylation sites (tertiary alicyclic amines) is 1. The third-order valence-corrected chi connectivity index (χ3v) is 4.09. The van der Waals surface area contributed by atoms with Gasteiger partial charge in [-0.25, -0.2) is 4.79 Å². The van der Waals surface area contributed by atoms with Crippen molar-refractivity contribution < 1.29 is 5.11 Å². The molecule has 0 atom stereocenters. The minimum absolute atomic E-state index is 0.0275. The molecular formula is C15H21N3O2. The van der Waals surface area contributed by atoms with E-state index in [0.29, 0.717) is 0 Å². The lowest BCUT2D eigenvalue weighted by Crippen LogP contribution is -2.36. The molecular weight excluding hydrogens is 254 g/mol. The Bertz CT molecular complexity index is 623. The molecule has 108 valence electrons. The number of nitrogens with zero attached hydrogens (tertiary/aromatic N) is 2. The van der Waals surface area contributed by atoms with Crippen molar-refractivity contribution in [2.24, 2.45) is 0 Å². The molecule has 0 aliphatic carbocycles. The summed E-state index contributed by atoms with van der Waals surface area (Å²) in [4.78, 5) is 17.2. The summed E-state index contributed by atoms with van der Waals surface area (Å²) in [6.45, 7) is 3.65. The first-order valence-corrected chi connectivity index (χ1v) is 7.32. The number of benzene rings is 1. The maximum Gasteiger partial charge on any atom is 0.326 e. The monoisotopic (exact) mass is 275 g/mol. The molecule has 0 unspecified atom stereocenters.